The molecule has 0 amide bonds. The molecule has 1 aromatic heterocycles. The third-order valence-corrected chi connectivity index (χ3v) is 2.87. The lowest BCUT2D eigenvalue weighted by Gasteiger charge is -2.06. The van der Waals surface area contributed by atoms with Gasteiger partial charge in [-0.05, 0) is 30.3 Å². The second-order valence-electron chi connectivity index (χ2n) is 3.62. The van der Waals surface area contributed by atoms with Crippen LogP contribution in [0.15, 0.2) is 42.6 Å². The Kier molecular flexibility index (Phi) is 8.58. The SMILES string of the molecule is Cl.Cl.O=C(CNc1ccccn1)c1ccc(Cl)cc1Cl. The number of Topliss-reactive ketones (excluding diaryl/α,β-unsaturated/α-hetero) is 1. The van der Waals surface area contributed by atoms with Crippen molar-refractivity contribution in [1.29, 1.82) is 0 Å². The van der Waals surface area contributed by atoms with Gasteiger partial charge >= 0.3 is 0 Å². The average molecular weight is 354 g/mol. The van der Waals surface area contributed by atoms with Gasteiger partial charge in [0, 0.05) is 16.8 Å². The standard InChI is InChI=1S/C13H10Cl2N2O.2ClH/c14-9-4-5-10(11(15)7-9)12(18)8-17-13-3-1-2-6-16-13;;/h1-7H,8H2,(H,16,17);2*1H. The zero-order valence-corrected chi connectivity index (χ0v) is 13.3. The molecule has 0 aliphatic heterocycles. The summed E-state index contributed by atoms with van der Waals surface area (Å²) in [6.45, 7) is 0.137. The molecular formula is C13H12Cl4N2O. The van der Waals surface area contributed by atoms with Crippen molar-refractivity contribution in [3.63, 3.8) is 0 Å². The number of pyridine rings is 1. The first-order chi connectivity index (χ1) is 8.66. The fourth-order valence-electron chi connectivity index (χ4n) is 1.45. The molecule has 20 heavy (non-hydrogen) atoms. The lowest BCUT2D eigenvalue weighted by atomic mass is 10.1. The summed E-state index contributed by atoms with van der Waals surface area (Å²) in [5, 5.41) is 3.80. The molecule has 2 aromatic rings. The molecule has 0 aliphatic rings. The molecule has 0 unspecified atom stereocenters. The van der Waals surface area contributed by atoms with Crippen LogP contribution in [-0.4, -0.2) is 17.3 Å². The monoisotopic (exact) mass is 352 g/mol. The van der Waals surface area contributed by atoms with Crippen LogP contribution in [0.3, 0.4) is 0 Å². The van der Waals surface area contributed by atoms with E-state index in [1.54, 1.807) is 30.5 Å². The maximum Gasteiger partial charge on any atom is 0.183 e. The van der Waals surface area contributed by atoms with Gasteiger partial charge in [-0.15, -0.1) is 24.8 Å². The van der Waals surface area contributed by atoms with Crippen LogP contribution in [0.1, 0.15) is 10.4 Å². The van der Waals surface area contributed by atoms with E-state index in [1.807, 2.05) is 12.1 Å². The Morgan fingerprint density at radius 1 is 1.15 bits per heavy atom. The summed E-state index contributed by atoms with van der Waals surface area (Å²) >= 11 is 11.7. The molecule has 3 nitrogen and oxygen atoms in total. The number of nitrogens with zero attached hydrogens (tertiary/aromatic N) is 1. The highest BCUT2D eigenvalue weighted by atomic mass is 35.5. The van der Waals surface area contributed by atoms with Crippen LogP contribution in [0, 0.1) is 0 Å². The van der Waals surface area contributed by atoms with Gasteiger partial charge in [-0.2, -0.15) is 0 Å². The molecule has 1 heterocycles. The predicted octanol–water partition coefficient (Wildman–Crippen LogP) is 4.53. The number of hydrogen-bond acceptors (Lipinski definition) is 3. The van der Waals surface area contributed by atoms with Gasteiger partial charge in [-0.1, -0.05) is 29.3 Å². The number of aromatic nitrogens is 1. The fraction of sp³-hybridized carbons (Fsp3) is 0.0769. The minimum absolute atomic E-state index is 0. The minimum atomic E-state index is -0.109. The minimum Gasteiger partial charge on any atom is -0.363 e. The molecule has 2 rings (SSSR count). The molecule has 1 aromatic carbocycles. The van der Waals surface area contributed by atoms with Gasteiger partial charge in [0.2, 0.25) is 0 Å². The highest BCUT2D eigenvalue weighted by Gasteiger charge is 2.10. The smallest absolute Gasteiger partial charge is 0.183 e. The zero-order valence-electron chi connectivity index (χ0n) is 10.2. The molecule has 0 aliphatic carbocycles. The van der Waals surface area contributed by atoms with E-state index in [0.717, 1.165) is 0 Å². The molecule has 0 atom stereocenters. The average Bonchev–Trinajstić information content (AvgIpc) is 2.37. The highest BCUT2D eigenvalue weighted by molar-refractivity contribution is 6.36. The van der Waals surface area contributed by atoms with Gasteiger partial charge < -0.3 is 5.32 Å². The second-order valence-corrected chi connectivity index (χ2v) is 4.46. The van der Waals surface area contributed by atoms with E-state index in [-0.39, 0.29) is 37.1 Å². The Hall–Kier alpha value is -1.000. The Balaban J connectivity index is 0.00000180. The van der Waals surface area contributed by atoms with Gasteiger partial charge in [0.15, 0.2) is 5.78 Å². The topological polar surface area (TPSA) is 42.0 Å². The van der Waals surface area contributed by atoms with E-state index in [4.69, 9.17) is 23.2 Å². The van der Waals surface area contributed by atoms with E-state index in [1.165, 1.54) is 0 Å². The van der Waals surface area contributed by atoms with Crippen molar-refractivity contribution in [1.82, 2.24) is 4.98 Å². The number of hydrogen-bond donors (Lipinski definition) is 1. The molecule has 0 fully saturated rings. The number of carbonyl (C=O) groups excluding carboxylic acids is 1. The van der Waals surface area contributed by atoms with Gasteiger partial charge in [0.25, 0.3) is 0 Å². The lowest BCUT2D eigenvalue weighted by Crippen LogP contribution is -2.15. The molecule has 0 radical (unpaired) electrons. The number of carbonyl (C=O) groups is 1. The van der Waals surface area contributed by atoms with Crippen molar-refractivity contribution in [2.24, 2.45) is 0 Å². The van der Waals surface area contributed by atoms with Crippen LogP contribution in [0.2, 0.25) is 10.0 Å². The van der Waals surface area contributed by atoms with Gasteiger partial charge in [0.05, 0.1) is 11.6 Å². The number of rotatable bonds is 4. The molecule has 0 spiro atoms. The predicted molar refractivity (Wildman–Crippen MR) is 88.0 cm³/mol. The third kappa shape index (κ3) is 5.17. The molecule has 0 saturated carbocycles. The van der Waals surface area contributed by atoms with Crippen LogP contribution in [-0.2, 0) is 0 Å². The quantitative estimate of drug-likeness (QED) is 0.821. The highest BCUT2D eigenvalue weighted by Crippen LogP contribution is 2.21. The zero-order chi connectivity index (χ0) is 13.0. The third-order valence-electron chi connectivity index (χ3n) is 2.33. The first-order valence-electron chi connectivity index (χ1n) is 5.30. The van der Waals surface area contributed by atoms with Gasteiger partial charge in [-0.3, -0.25) is 4.79 Å². The second kappa shape index (κ2) is 9.03. The lowest BCUT2D eigenvalue weighted by molar-refractivity contribution is 0.101. The summed E-state index contributed by atoms with van der Waals surface area (Å²) in [6, 6.07) is 10.3. The Bertz CT molecular complexity index is 564. The maximum atomic E-state index is 11.9. The van der Waals surface area contributed by atoms with Crippen molar-refractivity contribution in [3.8, 4) is 0 Å². The van der Waals surface area contributed by atoms with Gasteiger partial charge in [0.1, 0.15) is 5.82 Å². The largest absolute Gasteiger partial charge is 0.363 e. The summed E-state index contributed by atoms with van der Waals surface area (Å²) in [5.41, 5.74) is 0.449. The van der Waals surface area contributed by atoms with Crippen molar-refractivity contribution in [2.75, 3.05) is 11.9 Å². The first kappa shape index (κ1) is 19.0. The molecule has 108 valence electrons. The Labute approximate surface area is 139 Å². The fourth-order valence-corrected chi connectivity index (χ4v) is 1.96. The molecule has 1 N–H and O–H groups in total. The van der Waals surface area contributed by atoms with E-state index in [0.29, 0.717) is 21.4 Å². The summed E-state index contributed by atoms with van der Waals surface area (Å²) in [4.78, 5) is 16.0. The number of ketones is 1. The number of anilines is 1. The summed E-state index contributed by atoms with van der Waals surface area (Å²) in [7, 11) is 0. The normalized spacial score (nSPS) is 9.10. The van der Waals surface area contributed by atoms with Crippen LogP contribution >= 0.6 is 48.0 Å². The molecule has 0 saturated heterocycles. The van der Waals surface area contributed by atoms with E-state index >= 15 is 0 Å². The molecule has 0 bridgehead atoms. The van der Waals surface area contributed by atoms with Crippen LogP contribution in [0.4, 0.5) is 5.82 Å². The first-order valence-corrected chi connectivity index (χ1v) is 6.05. The summed E-state index contributed by atoms with van der Waals surface area (Å²) < 4.78 is 0. The Morgan fingerprint density at radius 3 is 2.50 bits per heavy atom. The maximum absolute atomic E-state index is 11.9. The Morgan fingerprint density at radius 2 is 1.90 bits per heavy atom. The van der Waals surface area contributed by atoms with Crippen LogP contribution in [0.5, 0.6) is 0 Å². The van der Waals surface area contributed by atoms with E-state index in [9.17, 15) is 4.79 Å². The number of halogens is 4. The van der Waals surface area contributed by atoms with Crippen molar-refractivity contribution < 1.29 is 4.79 Å². The van der Waals surface area contributed by atoms with E-state index in [2.05, 4.69) is 10.3 Å². The molecular weight excluding hydrogens is 342 g/mol. The van der Waals surface area contributed by atoms with Crippen molar-refractivity contribution in [3.05, 3.63) is 58.2 Å². The summed E-state index contributed by atoms with van der Waals surface area (Å²) in [5.74, 6) is 0.540. The summed E-state index contributed by atoms with van der Waals surface area (Å²) in [6.07, 6.45) is 1.65. The van der Waals surface area contributed by atoms with Crippen LogP contribution < -0.4 is 5.32 Å². The number of nitrogens with one attached hydrogen (secondary N) is 1. The van der Waals surface area contributed by atoms with Gasteiger partial charge in [-0.25, -0.2) is 4.98 Å². The van der Waals surface area contributed by atoms with Crippen molar-refractivity contribution in [2.45, 2.75) is 0 Å². The molecule has 7 heteroatoms. The van der Waals surface area contributed by atoms with Crippen LogP contribution in [0.25, 0.3) is 0 Å². The number of benzene rings is 1. The van der Waals surface area contributed by atoms with E-state index < -0.39 is 0 Å². The van der Waals surface area contributed by atoms with Crippen molar-refractivity contribution >= 4 is 59.6 Å².